The van der Waals surface area contributed by atoms with Gasteiger partial charge in [-0.15, -0.1) is 11.3 Å². The highest BCUT2D eigenvalue weighted by molar-refractivity contribution is 7.17. The number of carbonyl (C=O) groups is 2. The van der Waals surface area contributed by atoms with E-state index in [1.165, 1.54) is 20.8 Å². The molecule has 0 fully saturated rings. The van der Waals surface area contributed by atoms with Crippen molar-refractivity contribution in [2.45, 2.75) is 13.5 Å². The molecule has 160 valence electrons. The SMILES string of the molecule is COc1ccc(-c2csc3nc(C)n(CCN4C(=O)c5ccccc5C4=O)c(=O)c23)cc1. The fraction of sp³-hybridized carbons (Fsp3) is 0.167. The topological polar surface area (TPSA) is 81.5 Å². The van der Waals surface area contributed by atoms with E-state index in [2.05, 4.69) is 4.98 Å². The lowest BCUT2D eigenvalue weighted by Gasteiger charge is -2.16. The standard InChI is InChI=1S/C24H19N3O4S/c1-14-25-21-20(19(13-32-21)15-7-9-16(31-2)10-8-15)24(30)26(14)11-12-27-22(28)17-5-3-4-6-18(17)23(27)29/h3-10,13H,11-12H2,1-2H3. The van der Waals surface area contributed by atoms with Crippen LogP contribution in [0.1, 0.15) is 26.5 Å². The first-order chi connectivity index (χ1) is 15.5. The van der Waals surface area contributed by atoms with Crippen LogP contribution in [0.15, 0.2) is 58.7 Å². The molecular weight excluding hydrogens is 426 g/mol. The number of rotatable bonds is 5. The molecule has 7 nitrogen and oxygen atoms in total. The normalized spacial score (nSPS) is 13.1. The number of amides is 2. The summed E-state index contributed by atoms with van der Waals surface area (Å²) < 4.78 is 6.75. The number of ether oxygens (including phenoxy) is 1. The van der Waals surface area contributed by atoms with Gasteiger partial charge in [0.2, 0.25) is 0 Å². The number of thiophene rings is 1. The number of hydrogen-bond acceptors (Lipinski definition) is 6. The largest absolute Gasteiger partial charge is 0.497 e. The first-order valence-electron chi connectivity index (χ1n) is 10.1. The molecule has 8 heteroatoms. The molecule has 0 aliphatic carbocycles. The second-order valence-electron chi connectivity index (χ2n) is 7.48. The predicted octanol–water partition coefficient (Wildman–Crippen LogP) is 3.74. The maximum absolute atomic E-state index is 13.4. The van der Waals surface area contributed by atoms with E-state index in [0.717, 1.165) is 16.9 Å². The summed E-state index contributed by atoms with van der Waals surface area (Å²) in [6, 6.07) is 14.3. The van der Waals surface area contributed by atoms with Crippen molar-refractivity contribution >= 4 is 33.4 Å². The van der Waals surface area contributed by atoms with E-state index < -0.39 is 0 Å². The van der Waals surface area contributed by atoms with E-state index in [4.69, 9.17) is 4.74 Å². The maximum atomic E-state index is 13.4. The minimum absolute atomic E-state index is 0.0995. The molecule has 1 aliphatic heterocycles. The van der Waals surface area contributed by atoms with Gasteiger partial charge in [-0.25, -0.2) is 4.98 Å². The summed E-state index contributed by atoms with van der Waals surface area (Å²) in [7, 11) is 1.61. The highest BCUT2D eigenvalue weighted by atomic mass is 32.1. The van der Waals surface area contributed by atoms with Crippen LogP contribution in [-0.4, -0.2) is 39.9 Å². The molecule has 2 amide bonds. The van der Waals surface area contributed by atoms with Crippen molar-refractivity contribution in [2.75, 3.05) is 13.7 Å². The zero-order valence-corrected chi connectivity index (χ0v) is 18.3. The first-order valence-corrected chi connectivity index (χ1v) is 11.0. The van der Waals surface area contributed by atoms with Crippen LogP contribution in [0.4, 0.5) is 0 Å². The van der Waals surface area contributed by atoms with Crippen LogP contribution >= 0.6 is 11.3 Å². The Balaban J connectivity index is 1.49. The van der Waals surface area contributed by atoms with Crippen molar-refractivity contribution in [3.8, 4) is 16.9 Å². The van der Waals surface area contributed by atoms with Gasteiger partial charge < -0.3 is 4.74 Å². The highest BCUT2D eigenvalue weighted by Crippen LogP contribution is 2.32. The van der Waals surface area contributed by atoms with Crippen molar-refractivity contribution in [3.63, 3.8) is 0 Å². The molecule has 4 aromatic rings. The summed E-state index contributed by atoms with van der Waals surface area (Å²) in [4.78, 5) is 45.2. The van der Waals surface area contributed by atoms with Gasteiger partial charge in [-0.05, 0) is 36.8 Å². The predicted molar refractivity (Wildman–Crippen MR) is 122 cm³/mol. The molecule has 3 heterocycles. The fourth-order valence-corrected chi connectivity index (χ4v) is 5.00. The van der Waals surface area contributed by atoms with Gasteiger partial charge in [-0.3, -0.25) is 23.9 Å². The van der Waals surface area contributed by atoms with Gasteiger partial charge in [0.15, 0.2) is 0 Å². The van der Waals surface area contributed by atoms with Crippen LogP contribution in [0.2, 0.25) is 0 Å². The Morgan fingerprint density at radius 1 is 0.906 bits per heavy atom. The smallest absolute Gasteiger partial charge is 0.262 e. The third-order valence-corrected chi connectivity index (χ3v) is 6.58. The lowest BCUT2D eigenvalue weighted by molar-refractivity contribution is 0.0648. The molecule has 1 aliphatic rings. The summed E-state index contributed by atoms with van der Waals surface area (Å²) in [6.45, 7) is 2.04. The average Bonchev–Trinajstić information content (AvgIpc) is 3.34. The van der Waals surface area contributed by atoms with Gasteiger partial charge >= 0.3 is 0 Å². The van der Waals surface area contributed by atoms with Crippen molar-refractivity contribution in [2.24, 2.45) is 0 Å². The monoisotopic (exact) mass is 445 g/mol. The minimum atomic E-state index is -0.334. The number of benzene rings is 2. The number of aryl methyl sites for hydroxylation is 1. The molecule has 32 heavy (non-hydrogen) atoms. The van der Waals surface area contributed by atoms with E-state index in [0.29, 0.717) is 27.2 Å². The molecule has 0 unspecified atom stereocenters. The molecule has 5 rings (SSSR count). The van der Waals surface area contributed by atoms with Gasteiger partial charge in [-0.2, -0.15) is 0 Å². The summed E-state index contributed by atoms with van der Waals surface area (Å²) in [5.41, 5.74) is 2.31. The van der Waals surface area contributed by atoms with E-state index in [-0.39, 0.29) is 30.5 Å². The van der Waals surface area contributed by atoms with Gasteiger partial charge in [0.25, 0.3) is 17.4 Å². The highest BCUT2D eigenvalue weighted by Gasteiger charge is 2.34. The number of aromatic nitrogens is 2. The molecule has 0 bridgehead atoms. The lowest BCUT2D eigenvalue weighted by atomic mass is 10.1. The minimum Gasteiger partial charge on any atom is -0.497 e. The second-order valence-corrected chi connectivity index (χ2v) is 8.34. The fourth-order valence-electron chi connectivity index (χ4n) is 4.01. The van der Waals surface area contributed by atoms with E-state index in [1.54, 1.807) is 38.3 Å². The molecule has 0 spiro atoms. The summed E-state index contributed by atoms with van der Waals surface area (Å²) in [6.07, 6.45) is 0. The van der Waals surface area contributed by atoms with Crippen molar-refractivity contribution in [1.29, 1.82) is 0 Å². The second kappa shape index (κ2) is 7.72. The number of imide groups is 1. The van der Waals surface area contributed by atoms with Crippen LogP contribution in [-0.2, 0) is 6.54 Å². The van der Waals surface area contributed by atoms with Crippen molar-refractivity contribution in [3.05, 3.63) is 81.2 Å². The third-order valence-electron chi connectivity index (χ3n) is 5.71. The number of hydrogen-bond donors (Lipinski definition) is 0. The third kappa shape index (κ3) is 3.11. The molecule has 0 atom stereocenters. The quantitative estimate of drug-likeness (QED) is 0.437. The molecular formula is C24H19N3O4S. The van der Waals surface area contributed by atoms with Crippen molar-refractivity contribution < 1.29 is 14.3 Å². The van der Waals surface area contributed by atoms with Crippen LogP contribution in [0.3, 0.4) is 0 Å². The van der Waals surface area contributed by atoms with Crippen LogP contribution in [0.25, 0.3) is 21.3 Å². The summed E-state index contributed by atoms with van der Waals surface area (Å²) in [5.74, 6) is 0.613. The van der Waals surface area contributed by atoms with Crippen LogP contribution in [0, 0.1) is 6.92 Å². The Hall–Kier alpha value is -3.78. The Kier molecular flexibility index (Phi) is 4.86. The number of nitrogens with zero attached hydrogens (tertiary/aromatic N) is 3. The maximum Gasteiger partial charge on any atom is 0.262 e. The Morgan fingerprint density at radius 3 is 2.19 bits per heavy atom. The molecule has 0 saturated carbocycles. The van der Waals surface area contributed by atoms with Crippen molar-refractivity contribution in [1.82, 2.24) is 14.5 Å². The molecule has 0 N–H and O–H groups in total. The molecule has 0 radical (unpaired) electrons. The summed E-state index contributed by atoms with van der Waals surface area (Å²) >= 11 is 1.42. The Bertz CT molecular complexity index is 1400. The Labute approximate surface area is 187 Å². The Morgan fingerprint density at radius 2 is 1.56 bits per heavy atom. The summed E-state index contributed by atoms with van der Waals surface area (Å²) in [5, 5.41) is 2.46. The molecule has 2 aromatic heterocycles. The lowest BCUT2D eigenvalue weighted by Crippen LogP contribution is -2.36. The van der Waals surface area contributed by atoms with Gasteiger partial charge in [0, 0.05) is 24.0 Å². The first kappa shape index (κ1) is 20.1. The number of carbonyl (C=O) groups excluding carboxylic acids is 2. The van der Waals surface area contributed by atoms with Gasteiger partial charge in [0.05, 0.1) is 23.6 Å². The van der Waals surface area contributed by atoms with E-state index in [9.17, 15) is 14.4 Å². The average molecular weight is 446 g/mol. The zero-order chi connectivity index (χ0) is 22.4. The van der Waals surface area contributed by atoms with E-state index in [1.807, 2.05) is 29.6 Å². The molecule has 2 aromatic carbocycles. The molecule has 0 saturated heterocycles. The van der Waals surface area contributed by atoms with Crippen LogP contribution < -0.4 is 10.3 Å². The van der Waals surface area contributed by atoms with Gasteiger partial charge in [-0.1, -0.05) is 24.3 Å². The van der Waals surface area contributed by atoms with Crippen LogP contribution in [0.5, 0.6) is 5.75 Å². The van der Waals surface area contributed by atoms with Gasteiger partial charge in [0.1, 0.15) is 16.4 Å². The number of methoxy groups -OCH3 is 1. The zero-order valence-electron chi connectivity index (χ0n) is 17.5. The van der Waals surface area contributed by atoms with E-state index >= 15 is 0 Å². The number of fused-ring (bicyclic) bond motifs is 2.